The first-order valence-corrected chi connectivity index (χ1v) is 18.4. The lowest BCUT2D eigenvalue weighted by atomic mass is 10.1. The molecule has 3 amide bonds. The number of likely N-dealkylation sites (N-methyl/N-ethyl adjacent to an activating group) is 1. The van der Waals surface area contributed by atoms with Crippen LogP contribution >= 0.6 is 23.2 Å². The van der Waals surface area contributed by atoms with Gasteiger partial charge in [0.05, 0.1) is 54.6 Å². The van der Waals surface area contributed by atoms with Crippen LogP contribution in [0.2, 0.25) is 10.0 Å². The molecule has 2 N–H and O–H groups in total. The Labute approximate surface area is 319 Å². The van der Waals surface area contributed by atoms with Gasteiger partial charge in [-0.3, -0.25) is 19.1 Å². The molecule has 3 unspecified atom stereocenters. The molecule has 4 aromatic rings. The van der Waals surface area contributed by atoms with Crippen molar-refractivity contribution < 1.29 is 33.1 Å². The molecule has 3 atom stereocenters. The van der Waals surface area contributed by atoms with Gasteiger partial charge in [0, 0.05) is 49.8 Å². The highest BCUT2D eigenvalue weighted by Crippen LogP contribution is 2.37. The molecule has 2 aromatic carbocycles. The average molecular weight is 768 g/mol. The van der Waals surface area contributed by atoms with E-state index in [9.17, 15) is 14.4 Å². The Morgan fingerprint density at radius 1 is 1.09 bits per heavy atom. The maximum absolute atomic E-state index is 13.5. The molecule has 2 saturated heterocycles. The fraction of sp³-hybridized carbons (Fsp3) is 0.447. The highest BCUT2D eigenvalue weighted by Gasteiger charge is 2.54. The van der Waals surface area contributed by atoms with Crippen LogP contribution < -0.4 is 25.0 Å². The van der Waals surface area contributed by atoms with Crippen molar-refractivity contribution in [1.29, 1.82) is 0 Å². The van der Waals surface area contributed by atoms with E-state index in [4.69, 9.17) is 37.4 Å². The number of nitrogens with one attached hydrogen (secondary N) is 2. The third-order valence-corrected chi connectivity index (χ3v) is 10.7. The summed E-state index contributed by atoms with van der Waals surface area (Å²) in [6, 6.07) is 15.1. The van der Waals surface area contributed by atoms with Crippen molar-refractivity contribution in [3.8, 4) is 11.8 Å². The van der Waals surface area contributed by atoms with Crippen molar-refractivity contribution in [2.75, 3.05) is 51.8 Å². The molecule has 2 fully saturated rings. The monoisotopic (exact) mass is 766 g/mol. The number of anilines is 1. The highest BCUT2D eigenvalue weighted by molar-refractivity contribution is 6.38. The van der Waals surface area contributed by atoms with Crippen LogP contribution in [0.4, 0.5) is 10.5 Å². The van der Waals surface area contributed by atoms with Gasteiger partial charge in [-0.15, -0.1) is 0 Å². The van der Waals surface area contributed by atoms with Crippen LogP contribution in [0, 0.1) is 5.92 Å². The second-order valence-electron chi connectivity index (χ2n) is 14.5. The zero-order chi connectivity index (χ0) is 37.9. The number of hydrogen-bond acceptors (Lipinski definition) is 9. The SMILES string of the molecule is COc1nc2c(OCc3c(Cl)ccc(N(C)C(=O)CNC(=O)C4CC[N+](C(=O)OC(C)(C)C)(C5CCNC5)C4)c3Cl)cccc2n1Cc1ccccn1. The molecule has 282 valence electrons. The largest absolute Gasteiger partial charge is 0.516 e. The van der Waals surface area contributed by atoms with Crippen molar-refractivity contribution in [1.82, 2.24) is 25.2 Å². The zero-order valence-electron chi connectivity index (χ0n) is 30.7. The van der Waals surface area contributed by atoms with E-state index in [2.05, 4.69) is 20.6 Å². The lowest BCUT2D eigenvalue weighted by Crippen LogP contribution is -2.60. The molecular formula is C38H46Cl2N7O6+. The van der Waals surface area contributed by atoms with Crippen LogP contribution in [0.5, 0.6) is 11.8 Å². The summed E-state index contributed by atoms with van der Waals surface area (Å²) in [5, 5.41) is 6.75. The second kappa shape index (κ2) is 15.9. The summed E-state index contributed by atoms with van der Waals surface area (Å²) in [5.41, 5.74) is 2.48. The molecule has 0 spiro atoms. The molecule has 2 aromatic heterocycles. The van der Waals surface area contributed by atoms with Crippen molar-refractivity contribution in [3.63, 3.8) is 0 Å². The molecular weight excluding hydrogens is 721 g/mol. The number of quaternary nitrogens is 1. The number of rotatable bonds is 11. The van der Waals surface area contributed by atoms with Crippen LogP contribution in [-0.4, -0.2) is 95.4 Å². The van der Waals surface area contributed by atoms with E-state index in [0.29, 0.717) is 66.1 Å². The number of hydrogen-bond donors (Lipinski definition) is 2. The standard InChI is InChI=1S/C38H45Cl2N7O6/c1-38(2,3)53-37(50)47(26-14-17-41-19-26)18-15-24(22-47)35(49)43-20-32(48)45(4)29-13-12-28(39)27(33(29)40)23-52-31-11-8-10-30-34(31)44-36(51-5)46(30)21-25-9-6-7-16-42-25/h6-13,16,24,26,41H,14-15,17-23H2,1-5H3/p+1. The minimum atomic E-state index is -0.645. The molecule has 2 aliphatic heterocycles. The number of ether oxygens (including phenoxy) is 3. The Kier molecular flexibility index (Phi) is 11.5. The van der Waals surface area contributed by atoms with Crippen molar-refractivity contribution in [2.45, 2.75) is 58.4 Å². The Bertz CT molecular complexity index is 1980. The van der Waals surface area contributed by atoms with Gasteiger partial charge in [-0.05, 0) is 57.2 Å². The molecule has 13 nitrogen and oxygen atoms in total. The van der Waals surface area contributed by atoms with Crippen molar-refractivity contribution in [2.24, 2.45) is 5.92 Å². The van der Waals surface area contributed by atoms with E-state index in [1.807, 2.05) is 55.7 Å². The van der Waals surface area contributed by atoms with Gasteiger partial charge in [0.25, 0.3) is 6.01 Å². The Balaban J connectivity index is 1.11. The van der Waals surface area contributed by atoms with Gasteiger partial charge in [0.2, 0.25) is 11.8 Å². The number of nitrogens with zero attached hydrogens (tertiary/aromatic N) is 5. The van der Waals surface area contributed by atoms with Gasteiger partial charge in [-0.2, -0.15) is 9.78 Å². The predicted octanol–water partition coefficient (Wildman–Crippen LogP) is 5.59. The molecule has 4 heterocycles. The Hall–Kier alpha value is -4.43. The quantitative estimate of drug-likeness (QED) is 0.187. The Morgan fingerprint density at radius 3 is 2.60 bits per heavy atom. The summed E-state index contributed by atoms with van der Waals surface area (Å²) in [5.74, 6) is -0.591. The first-order valence-electron chi connectivity index (χ1n) is 17.7. The number of halogens is 2. The summed E-state index contributed by atoms with van der Waals surface area (Å²) < 4.78 is 19.7. The number of para-hydroxylation sites is 1. The van der Waals surface area contributed by atoms with E-state index in [-0.39, 0.29) is 46.6 Å². The number of benzene rings is 2. The summed E-state index contributed by atoms with van der Waals surface area (Å²) in [6.45, 7) is 8.08. The lowest BCUT2D eigenvalue weighted by molar-refractivity contribution is -0.870. The van der Waals surface area contributed by atoms with Crippen molar-refractivity contribution in [3.05, 3.63) is 76.0 Å². The maximum Gasteiger partial charge on any atom is 0.516 e. The maximum atomic E-state index is 13.5. The number of likely N-dealkylation sites (tertiary alicyclic amines) is 1. The predicted molar refractivity (Wildman–Crippen MR) is 202 cm³/mol. The van der Waals surface area contributed by atoms with Crippen LogP contribution in [0.25, 0.3) is 11.0 Å². The minimum Gasteiger partial charge on any atom is -0.486 e. The number of imidazole rings is 1. The van der Waals surface area contributed by atoms with E-state index < -0.39 is 11.5 Å². The molecule has 0 bridgehead atoms. The van der Waals surface area contributed by atoms with Crippen LogP contribution in [0.15, 0.2) is 54.7 Å². The average Bonchev–Trinajstić information content (AvgIpc) is 3.90. The van der Waals surface area contributed by atoms with E-state index in [1.54, 1.807) is 38.6 Å². The Morgan fingerprint density at radius 2 is 1.91 bits per heavy atom. The number of carbonyl (C=O) groups excluding carboxylic acids is 3. The van der Waals surface area contributed by atoms with Gasteiger partial charge in [0.15, 0.2) is 0 Å². The van der Waals surface area contributed by atoms with Crippen LogP contribution in [-0.2, 0) is 27.5 Å². The summed E-state index contributed by atoms with van der Waals surface area (Å²) in [7, 11) is 3.15. The molecule has 0 saturated carbocycles. The minimum absolute atomic E-state index is 0.00531. The molecule has 0 aliphatic carbocycles. The molecule has 0 radical (unpaired) electrons. The summed E-state index contributed by atoms with van der Waals surface area (Å²) in [6.07, 6.45) is 2.78. The molecule has 6 rings (SSSR count). The zero-order valence-corrected chi connectivity index (χ0v) is 32.2. The number of pyridine rings is 1. The van der Waals surface area contributed by atoms with Gasteiger partial charge < -0.3 is 29.7 Å². The fourth-order valence-corrected chi connectivity index (χ4v) is 7.71. The van der Waals surface area contributed by atoms with E-state index in [0.717, 1.165) is 24.2 Å². The number of amides is 3. The first kappa shape index (κ1) is 38.3. The third kappa shape index (κ3) is 8.23. The fourth-order valence-electron chi connectivity index (χ4n) is 7.10. The number of aromatic nitrogens is 3. The lowest BCUT2D eigenvalue weighted by Gasteiger charge is -2.37. The highest BCUT2D eigenvalue weighted by atomic mass is 35.5. The second-order valence-corrected chi connectivity index (χ2v) is 15.3. The van der Waals surface area contributed by atoms with Gasteiger partial charge in [-0.25, -0.2) is 4.48 Å². The summed E-state index contributed by atoms with van der Waals surface area (Å²) in [4.78, 5) is 50.8. The normalized spacial score (nSPS) is 20.0. The van der Waals surface area contributed by atoms with Crippen LogP contribution in [0.1, 0.15) is 44.9 Å². The number of methoxy groups -OCH3 is 1. The topological polar surface area (TPSA) is 137 Å². The van der Waals surface area contributed by atoms with Gasteiger partial charge in [0.1, 0.15) is 36.1 Å². The molecule has 53 heavy (non-hydrogen) atoms. The third-order valence-electron chi connectivity index (χ3n) is 9.91. The van der Waals surface area contributed by atoms with E-state index in [1.165, 1.54) is 4.90 Å². The van der Waals surface area contributed by atoms with E-state index >= 15 is 0 Å². The molecule has 2 aliphatic rings. The smallest absolute Gasteiger partial charge is 0.486 e. The number of carbonyl (C=O) groups is 3. The first-order chi connectivity index (χ1) is 25.3. The van der Waals surface area contributed by atoms with Gasteiger partial charge in [-0.1, -0.05) is 35.3 Å². The van der Waals surface area contributed by atoms with Gasteiger partial charge >= 0.3 is 6.09 Å². The van der Waals surface area contributed by atoms with Crippen LogP contribution in [0.3, 0.4) is 0 Å². The molecule has 15 heteroatoms. The van der Waals surface area contributed by atoms with Crippen molar-refractivity contribution >= 4 is 57.8 Å². The number of fused-ring (bicyclic) bond motifs is 1. The summed E-state index contributed by atoms with van der Waals surface area (Å²) >= 11 is 13.5.